The average molecular weight is 402 g/mol. The molecule has 1 aliphatic rings. The van der Waals surface area contributed by atoms with Crippen molar-refractivity contribution in [2.75, 3.05) is 6.54 Å². The first kappa shape index (κ1) is 22.6. The van der Waals surface area contributed by atoms with Crippen LogP contribution < -0.4 is 16.8 Å². The van der Waals surface area contributed by atoms with Gasteiger partial charge in [0.15, 0.2) is 5.96 Å². The lowest BCUT2D eigenvalue weighted by molar-refractivity contribution is -0.161. The number of rotatable bonds is 8. The Kier molecular flexibility index (Phi) is 8.35. The molecule has 1 fully saturated rings. The van der Waals surface area contributed by atoms with E-state index in [1.165, 1.54) is 0 Å². The van der Waals surface area contributed by atoms with Crippen molar-refractivity contribution < 1.29 is 19.4 Å². The van der Waals surface area contributed by atoms with Crippen LogP contribution >= 0.6 is 0 Å². The van der Waals surface area contributed by atoms with Crippen molar-refractivity contribution in [3.8, 4) is 0 Å². The van der Waals surface area contributed by atoms with Crippen LogP contribution in [0.2, 0.25) is 0 Å². The molecule has 0 radical (unpaired) electrons. The van der Waals surface area contributed by atoms with Crippen molar-refractivity contribution in [1.82, 2.24) is 5.32 Å². The van der Waals surface area contributed by atoms with Gasteiger partial charge in [-0.1, -0.05) is 30.3 Å². The SMILES string of the molecule is CC(C(=O)OC(=O)[C@@H](N)CCCNC(=N)N)c1ccc(C=C2CCCC2O)cc1. The standard InChI is InChI=1S/C21H30N4O4/c1-13(19(27)29-20(28)17(22)5-3-11-25-21(23)24)15-9-7-14(8-10-15)12-16-4-2-6-18(16)26/h7-10,12-13,17-18,26H,2-6,11,22H2,1H3,(H4,23,24,25)/t13?,17-,18?/m0/s1. The third-order valence-electron chi connectivity index (χ3n) is 5.02. The number of nitrogens with two attached hydrogens (primary N) is 2. The quantitative estimate of drug-likeness (QED) is 0.145. The highest BCUT2D eigenvalue weighted by Crippen LogP contribution is 2.27. The molecule has 0 heterocycles. The molecule has 3 atom stereocenters. The van der Waals surface area contributed by atoms with Gasteiger partial charge in [-0.15, -0.1) is 0 Å². The molecule has 0 bridgehead atoms. The van der Waals surface area contributed by atoms with Crippen molar-refractivity contribution in [1.29, 1.82) is 5.41 Å². The number of hydrogen-bond acceptors (Lipinski definition) is 6. The molecular formula is C21H30N4O4. The van der Waals surface area contributed by atoms with Gasteiger partial charge < -0.3 is 26.6 Å². The molecule has 0 amide bonds. The van der Waals surface area contributed by atoms with E-state index in [0.717, 1.165) is 36.0 Å². The lowest BCUT2D eigenvalue weighted by atomic mass is 9.99. The summed E-state index contributed by atoms with van der Waals surface area (Å²) in [7, 11) is 0. The topological polar surface area (TPSA) is 152 Å². The van der Waals surface area contributed by atoms with Crippen LogP contribution in [0, 0.1) is 5.41 Å². The van der Waals surface area contributed by atoms with Gasteiger partial charge in [0, 0.05) is 6.54 Å². The monoisotopic (exact) mass is 402 g/mol. The van der Waals surface area contributed by atoms with Gasteiger partial charge in [-0.2, -0.15) is 0 Å². The Balaban J connectivity index is 1.85. The summed E-state index contributed by atoms with van der Waals surface area (Å²) in [6, 6.07) is 6.49. The first-order valence-corrected chi connectivity index (χ1v) is 9.85. The predicted octanol–water partition coefficient (Wildman–Crippen LogP) is 1.38. The Bertz CT molecular complexity index is 760. The van der Waals surface area contributed by atoms with E-state index in [0.29, 0.717) is 19.4 Å². The summed E-state index contributed by atoms with van der Waals surface area (Å²) < 4.78 is 4.92. The van der Waals surface area contributed by atoms with E-state index < -0.39 is 23.9 Å². The fraction of sp³-hybridized carbons (Fsp3) is 0.476. The molecule has 29 heavy (non-hydrogen) atoms. The van der Waals surface area contributed by atoms with E-state index in [1.54, 1.807) is 6.92 Å². The molecule has 1 aromatic rings. The second-order valence-corrected chi connectivity index (χ2v) is 7.34. The first-order valence-electron chi connectivity index (χ1n) is 9.85. The molecule has 1 aromatic carbocycles. The highest BCUT2D eigenvalue weighted by atomic mass is 16.6. The van der Waals surface area contributed by atoms with Crippen molar-refractivity contribution in [3.05, 3.63) is 41.0 Å². The third kappa shape index (κ3) is 6.99. The zero-order valence-corrected chi connectivity index (χ0v) is 16.7. The smallest absolute Gasteiger partial charge is 0.330 e. The van der Waals surface area contributed by atoms with Crippen LogP contribution in [0.15, 0.2) is 29.8 Å². The molecule has 0 aliphatic heterocycles. The van der Waals surface area contributed by atoms with Gasteiger partial charge in [0.05, 0.1) is 12.0 Å². The Morgan fingerprint density at radius 3 is 2.62 bits per heavy atom. The number of aliphatic hydroxyl groups excluding tert-OH is 1. The minimum atomic E-state index is -0.910. The lowest BCUT2D eigenvalue weighted by Gasteiger charge is -2.14. The Morgan fingerprint density at radius 2 is 2.03 bits per heavy atom. The Morgan fingerprint density at radius 1 is 1.34 bits per heavy atom. The van der Waals surface area contributed by atoms with E-state index in [9.17, 15) is 14.7 Å². The normalized spacial score (nSPS) is 19.6. The zero-order valence-electron chi connectivity index (χ0n) is 16.7. The summed E-state index contributed by atoms with van der Waals surface area (Å²) in [5, 5.41) is 19.6. The molecule has 2 unspecified atom stereocenters. The van der Waals surface area contributed by atoms with Gasteiger partial charge >= 0.3 is 11.9 Å². The summed E-state index contributed by atoms with van der Waals surface area (Å²) in [6.07, 6.45) is 5.15. The summed E-state index contributed by atoms with van der Waals surface area (Å²) in [6.45, 7) is 2.09. The van der Waals surface area contributed by atoms with E-state index in [4.69, 9.17) is 21.6 Å². The fourth-order valence-corrected chi connectivity index (χ4v) is 3.18. The largest absolute Gasteiger partial charge is 0.392 e. The second-order valence-electron chi connectivity index (χ2n) is 7.34. The van der Waals surface area contributed by atoms with Crippen LogP contribution in [0.4, 0.5) is 0 Å². The molecule has 2 rings (SSSR count). The summed E-state index contributed by atoms with van der Waals surface area (Å²) in [5.41, 5.74) is 13.7. The van der Waals surface area contributed by atoms with Gasteiger partial charge in [0.1, 0.15) is 6.04 Å². The Labute approximate surface area is 170 Å². The highest BCUT2D eigenvalue weighted by molar-refractivity contribution is 5.91. The Hall–Kier alpha value is -2.71. The van der Waals surface area contributed by atoms with Gasteiger partial charge in [-0.3, -0.25) is 10.2 Å². The van der Waals surface area contributed by atoms with Crippen molar-refractivity contribution >= 4 is 24.0 Å². The first-order chi connectivity index (χ1) is 13.8. The third-order valence-corrected chi connectivity index (χ3v) is 5.02. The van der Waals surface area contributed by atoms with Crippen LogP contribution in [0.5, 0.6) is 0 Å². The number of hydrogen-bond donors (Lipinski definition) is 5. The van der Waals surface area contributed by atoms with Crippen LogP contribution in [0.3, 0.4) is 0 Å². The minimum Gasteiger partial charge on any atom is -0.392 e. The lowest BCUT2D eigenvalue weighted by Crippen LogP contribution is -2.36. The van der Waals surface area contributed by atoms with E-state index in [-0.39, 0.29) is 12.1 Å². The van der Waals surface area contributed by atoms with Crippen LogP contribution in [0.1, 0.15) is 56.1 Å². The van der Waals surface area contributed by atoms with Crippen molar-refractivity contribution in [2.45, 2.75) is 57.1 Å². The maximum atomic E-state index is 12.3. The molecule has 0 spiro atoms. The average Bonchev–Trinajstić information content (AvgIpc) is 3.09. The number of aliphatic hydroxyl groups is 1. The van der Waals surface area contributed by atoms with E-state index >= 15 is 0 Å². The molecule has 0 saturated heterocycles. The van der Waals surface area contributed by atoms with Crippen LogP contribution in [-0.4, -0.2) is 41.7 Å². The highest BCUT2D eigenvalue weighted by Gasteiger charge is 2.24. The van der Waals surface area contributed by atoms with Gasteiger partial charge in [0.2, 0.25) is 0 Å². The number of nitrogens with one attached hydrogen (secondary N) is 2. The number of ether oxygens (including phenoxy) is 1. The van der Waals surface area contributed by atoms with Crippen molar-refractivity contribution in [3.63, 3.8) is 0 Å². The summed E-state index contributed by atoms with van der Waals surface area (Å²) >= 11 is 0. The summed E-state index contributed by atoms with van der Waals surface area (Å²) in [4.78, 5) is 24.3. The van der Waals surface area contributed by atoms with Gasteiger partial charge in [0.25, 0.3) is 0 Å². The molecular weight excluding hydrogens is 372 g/mol. The van der Waals surface area contributed by atoms with Crippen LogP contribution in [-0.2, 0) is 14.3 Å². The molecule has 1 saturated carbocycles. The molecule has 7 N–H and O–H groups in total. The molecule has 8 nitrogen and oxygen atoms in total. The molecule has 158 valence electrons. The maximum absolute atomic E-state index is 12.3. The fourth-order valence-electron chi connectivity index (χ4n) is 3.18. The van der Waals surface area contributed by atoms with E-state index in [2.05, 4.69) is 5.32 Å². The van der Waals surface area contributed by atoms with Gasteiger partial charge in [-0.25, -0.2) is 4.79 Å². The zero-order chi connectivity index (χ0) is 21.4. The molecule has 0 aromatic heterocycles. The summed E-state index contributed by atoms with van der Waals surface area (Å²) in [5.74, 6) is -2.16. The molecule has 8 heteroatoms. The number of carbonyl (C=O) groups is 2. The number of benzene rings is 1. The maximum Gasteiger partial charge on any atom is 0.330 e. The number of esters is 2. The number of guanidine groups is 1. The van der Waals surface area contributed by atoms with Gasteiger partial charge in [-0.05, 0) is 55.7 Å². The second kappa shape index (κ2) is 10.7. The predicted molar refractivity (Wildman–Crippen MR) is 111 cm³/mol. The van der Waals surface area contributed by atoms with E-state index in [1.807, 2.05) is 30.3 Å². The number of carbonyl (C=O) groups excluding carboxylic acids is 2. The van der Waals surface area contributed by atoms with Crippen molar-refractivity contribution in [2.24, 2.45) is 11.5 Å². The minimum absolute atomic E-state index is 0.146. The molecule has 1 aliphatic carbocycles. The van der Waals surface area contributed by atoms with Crippen LogP contribution in [0.25, 0.3) is 6.08 Å².